The molecule has 0 saturated carbocycles. The molecule has 2 rings (SSSR count). The number of ether oxygens (including phenoxy) is 1. The van der Waals surface area contributed by atoms with Crippen molar-refractivity contribution in [3.63, 3.8) is 0 Å². The van der Waals surface area contributed by atoms with Crippen molar-refractivity contribution in [2.45, 2.75) is 0 Å². The summed E-state index contributed by atoms with van der Waals surface area (Å²) in [6, 6.07) is 11.6. The molecule has 0 amide bonds. The highest BCUT2D eigenvalue weighted by Crippen LogP contribution is 2.32. The highest BCUT2D eigenvalue weighted by atomic mass is 79.9. The van der Waals surface area contributed by atoms with Gasteiger partial charge in [0.05, 0.1) is 22.2 Å². The molecular weight excluding hydrogens is 356 g/mol. The molecule has 0 atom stereocenters. The van der Waals surface area contributed by atoms with Gasteiger partial charge in [0, 0.05) is 17.7 Å². The number of halogens is 1. The van der Waals surface area contributed by atoms with Crippen molar-refractivity contribution in [3.05, 3.63) is 62.6 Å². The maximum Gasteiger partial charge on any atom is 0.269 e. The lowest BCUT2D eigenvalue weighted by Crippen LogP contribution is -2.11. The first kappa shape index (κ1) is 15.4. The molecule has 0 aromatic heterocycles. The number of methoxy groups -OCH3 is 1. The molecule has 2 aromatic carbocycles. The Kier molecular flexibility index (Phi) is 4.87. The first-order valence-electron chi connectivity index (χ1n) is 5.91. The maximum atomic E-state index is 10.6. The number of nitrogens with one attached hydrogen (secondary N) is 1. The summed E-state index contributed by atoms with van der Waals surface area (Å²) >= 11 is 8.74. The first-order chi connectivity index (χ1) is 10.0. The summed E-state index contributed by atoms with van der Waals surface area (Å²) < 4.78 is 5.97. The van der Waals surface area contributed by atoms with Crippen LogP contribution in [0.2, 0.25) is 0 Å². The van der Waals surface area contributed by atoms with Crippen LogP contribution in [0.5, 0.6) is 5.75 Å². The van der Waals surface area contributed by atoms with E-state index in [0.29, 0.717) is 16.3 Å². The van der Waals surface area contributed by atoms with E-state index in [4.69, 9.17) is 17.0 Å². The molecule has 0 spiro atoms. The Labute approximate surface area is 135 Å². The molecule has 0 saturated heterocycles. The summed E-state index contributed by atoms with van der Waals surface area (Å²) in [7, 11) is 1.58. The molecule has 7 heteroatoms. The summed E-state index contributed by atoms with van der Waals surface area (Å²) in [6.45, 7) is 0. The largest absolute Gasteiger partial charge is 0.495 e. The van der Waals surface area contributed by atoms with Crippen LogP contribution in [0.15, 0.2) is 46.9 Å². The number of benzene rings is 2. The number of non-ortho nitro benzene ring substituents is 1. The smallest absolute Gasteiger partial charge is 0.269 e. The normalized spacial score (nSPS) is 10.0. The quantitative estimate of drug-likeness (QED) is 0.500. The number of thiocarbonyl (C=S) groups is 1. The molecule has 0 aliphatic carbocycles. The lowest BCUT2D eigenvalue weighted by molar-refractivity contribution is -0.384. The fourth-order valence-electron chi connectivity index (χ4n) is 1.69. The Hall–Kier alpha value is -1.99. The van der Waals surface area contributed by atoms with Crippen LogP contribution in [-0.4, -0.2) is 17.0 Å². The average Bonchev–Trinajstić information content (AvgIpc) is 2.49. The van der Waals surface area contributed by atoms with Crippen LogP contribution in [-0.2, 0) is 0 Å². The van der Waals surface area contributed by atoms with Gasteiger partial charge in [0.25, 0.3) is 5.69 Å². The SMILES string of the molecule is COc1cccc(NC(=S)c2ccc([N+](=O)[O-])cc2)c1Br. The minimum Gasteiger partial charge on any atom is -0.495 e. The monoisotopic (exact) mass is 366 g/mol. The predicted octanol–water partition coefficient (Wildman–Crippen LogP) is 4.15. The topological polar surface area (TPSA) is 64.4 Å². The second kappa shape index (κ2) is 6.64. The Morgan fingerprint density at radius 3 is 2.52 bits per heavy atom. The third-order valence-electron chi connectivity index (χ3n) is 2.77. The number of rotatable bonds is 4. The number of anilines is 1. The third-order valence-corrected chi connectivity index (χ3v) is 3.93. The van der Waals surface area contributed by atoms with Gasteiger partial charge in [-0.15, -0.1) is 0 Å². The summed E-state index contributed by atoms with van der Waals surface area (Å²) in [5.74, 6) is 0.687. The number of hydrogen-bond donors (Lipinski definition) is 1. The van der Waals surface area contributed by atoms with E-state index in [0.717, 1.165) is 10.2 Å². The molecule has 0 unspecified atom stereocenters. The van der Waals surface area contributed by atoms with E-state index >= 15 is 0 Å². The number of hydrogen-bond acceptors (Lipinski definition) is 4. The molecule has 0 aliphatic heterocycles. The maximum absolute atomic E-state index is 10.6. The van der Waals surface area contributed by atoms with Crippen molar-refractivity contribution in [3.8, 4) is 5.75 Å². The van der Waals surface area contributed by atoms with Gasteiger partial charge in [0.1, 0.15) is 10.7 Å². The molecule has 21 heavy (non-hydrogen) atoms. The highest BCUT2D eigenvalue weighted by Gasteiger charge is 2.10. The van der Waals surface area contributed by atoms with E-state index in [-0.39, 0.29) is 5.69 Å². The zero-order chi connectivity index (χ0) is 15.4. The number of nitrogens with zero attached hydrogens (tertiary/aromatic N) is 1. The average molecular weight is 367 g/mol. The highest BCUT2D eigenvalue weighted by molar-refractivity contribution is 9.10. The van der Waals surface area contributed by atoms with E-state index in [9.17, 15) is 10.1 Å². The molecule has 0 bridgehead atoms. The third kappa shape index (κ3) is 3.56. The van der Waals surface area contributed by atoms with E-state index < -0.39 is 4.92 Å². The van der Waals surface area contributed by atoms with Crippen LogP contribution in [0.1, 0.15) is 5.56 Å². The van der Waals surface area contributed by atoms with Crippen molar-refractivity contribution >= 4 is 44.5 Å². The van der Waals surface area contributed by atoms with Crippen molar-refractivity contribution in [2.24, 2.45) is 0 Å². The van der Waals surface area contributed by atoms with Gasteiger partial charge < -0.3 is 10.1 Å². The van der Waals surface area contributed by atoms with Gasteiger partial charge >= 0.3 is 0 Å². The van der Waals surface area contributed by atoms with Crippen molar-refractivity contribution < 1.29 is 9.66 Å². The van der Waals surface area contributed by atoms with E-state index in [1.165, 1.54) is 12.1 Å². The van der Waals surface area contributed by atoms with Crippen LogP contribution in [0.25, 0.3) is 0 Å². The van der Waals surface area contributed by atoms with Crippen LogP contribution in [0.3, 0.4) is 0 Å². The molecule has 5 nitrogen and oxygen atoms in total. The van der Waals surface area contributed by atoms with Crippen molar-refractivity contribution in [2.75, 3.05) is 12.4 Å². The summed E-state index contributed by atoms with van der Waals surface area (Å²) in [4.78, 5) is 10.7. The van der Waals surface area contributed by atoms with Crippen LogP contribution in [0.4, 0.5) is 11.4 Å². The minimum atomic E-state index is -0.446. The lowest BCUT2D eigenvalue weighted by atomic mass is 10.2. The van der Waals surface area contributed by atoms with Gasteiger partial charge in [-0.1, -0.05) is 18.3 Å². The Morgan fingerprint density at radius 1 is 1.29 bits per heavy atom. The fourth-order valence-corrected chi connectivity index (χ4v) is 2.47. The molecule has 2 aromatic rings. The second-order valence-corrected chi connectivity index (χ2v) is 5.28. The lowest BCUT2D eigenvalue weighted by Gasteiger charge is -2.12. The number of nitro benzene ring substituents is 1. The van der Waals surface area contributed by atoms with Gasteiger partial charge in [-0.2, -0.15) is 0 Å². The van der Waals surface area contributed by atoms with E-state index in [1.807, 2.05) is 18.2 Å². The van der Waals surface area contributed by atoms with E-state index in [2.05, 4.69) is 21.2 Å². The van der Waals surface area contributed by atoms with Crippen molar-refractivity contribution in [1.82, 2.24) is 0 Å². The van der Waals surface area contributed by atoms with Gasteiger partial charge in [0.15, 0.2) is 0 Å². The molecule has 108 valence electrons. The van der Waals surface area contributed by atoms with Crippen molar-refractivity contribution in [1.29, 1.82) is 0 Å². The van der Waals surface area contributed by atoms with Gasteiger partial charge in [-0.05, 0) is 40.2 Å². The van der Waals surface area contributed by atoms with Gasteiger partial charge in [0.2, 0.25) is 0 Å². The summed E-state index contributed by atoms with van der Waals surface area (Å²) in [5, 5.41) is 13.7. The van der Waals surface area contributed by atoms with Gasteiger partial charge in [-0.25, -0.2) is 0 Å². The van der Waals surface area contributed by atoms with Crippen LogP contribution in [0, 0.1) is 10.1 Å². The molecule has 0 aliphatic rings. The van der Waals surface area contributed by atoms with Crippen LogP contribution >= 0.6 is 28.1 Å². The zero-order valence-corrected chi connectivity index (χ0v) is 13.4. The summed E-state index contributed by atoms with van der Waals surface area (Å²) in [6.07, 6.45) is 0. The Morgan fingerprint density at radius 2 is 1.95 bits per heavy atom. The summed E-state index contributed by atoms with van der Waals surface area (Å²) in [5.41, 5.74) is 1.49. The number of nitro groups is 1. The zero-order valence-electron chi connectivity index (χ0n) is 11.0. The molecular formula is C14H11BrN2O3S. The molecule has 0 radical (unpaired) electrons. The predicted molar refractivity (Wildman–Crippen MR) is 89.1 cm³/mol. The second-order valence-electron chi connectivity index (χ2n) is 4.08. The minimum absolute atomic E-state index is 0.0316. The fraction of sp³-hybridized carbons (Fsp3) is 0.0714. The van der Waals surface area contributed by atoms with E-state index in [1.54, 1.807) is 19.2 Å². The molecule has 0 heterocycles. The standard InChI is InChI=1S/C14H11BrN2O3S/c1-20-12-4-2-3-11(13(12)15)16-14(21)9-5-7-10(8-6-9)17(18)19/h2-8H,1H3,(H,16,21). The molecule has 0 fully saturated rings. The Bertz CT molecular complexity index is 689. The molecule has 1 N–H and O–H groups in total. The van der Waals surface area contributed by atoms with Gasteiger partial charge in [-0.3, -0.25) is 10.1 Å². The van der Waals surface area contributed by atoms with Crippen LogP contribution < -0.4 is 10.1 Å². The first-order valence-corrected chi connectivity index (χ1v) is 7.11. The Balaban J connectivity index is 2.20.